The molecule has 0 spiro atoms. The zero-order valence-corrected chi connectivity index (χ0v) is 13.3. The SMILES string of the molecule is CC(C)(C)[Si](C)(C)c1cc2ccc(B(O)O)cc2[nH]1. The lowest BCUT2D eigenvalue weighted by molar-refractivity contribution is 0.426. The van der Waals surface area contributed by atoms with Gasteiger partial charge in [-0.3, -0.25) is 0 Å². The molecule has 0 atom stereocenters. The van der Waals surface area contributed by atoms with Crippen LogP contribution in [0.4, 0.5) is 0 Å². The molecule has 19 heavy (non-hydrogen) atoms. The molecule has 0 saturated carbocycles. The molecule has 0 bridgehead atoms. The fourth-order valence-corrected chi connectivity index (χ4v) is 3.82. The number of aromatic amines is 1. The quantitative estimate of drug-likeness (QED) is 0.729. The summed E-state index contributed by atoms with van der Waals surface area (Å²) in [6.45, 7) is 11.6. The Bertz CT molecular complexity index is 599. The molecule has 0 fully saturated rings. The highest BCUT2D eigenvalue weighted by atomic mass is 28.3. The van der Waals surface area contributed by atoms with E-state index >= 15 is 0 Å². The fraction of sp³-hybridized carbons (Fsp3) is 0.429. The molecule has 1 aromatic heterocycles. The molecular formula is C14H22BNO2Si. The zero-order chi connectivity index (χ0) is 14.4. The predicted octanol–water partition coefficient (Wildman–Crippen LogP) is 1.56. The number of benzene rings is 1. The first-order valence-electron chi connectivity index (χ1n) is 6.62. The van der Waals surface area contributed by atoms with Gasteiger partial charge in [0.1, 0.15) is 8.07 Å². The van der Waals surface area contributed by atoms with Crippen LogP contribution in [0.1, 0.15) is 20.8 Å². The largest absolute Gasteiger partial charge is 0.488 e. The number of fused-ring (bicyclic) bond motifs is 1. The van der Waals surface area contributed by atoms with Crippen LogP contribution in [0.15, 0.2) is 24.3 Å². The molecule has 5 heteroatoms. The van der Waals surface area contributed by atoms with Gasteiger partial charge in [0.25, 0.3) is 0 Å². The summed E-state index contributed by atoms with van der Waals surface area (Å²) in [7, 11) is -3.00. The van der Waals surface area contributed by atoms with E-state index in [0.29, 0.717) is 5.46 Å². The highest BCUT2D eigenvalue weighted by Gasteiger charge is 2.38. The van der Waals surface area contributed by atoms with Gasteiger partial charge >= 0.3 is 7.12 Å². The molecule has 0 saturated heterocycles. The van der Waals surface area contributed by atoms with Crippen molar-refractivity contribution in [3.05, 3.63) is 24.3 Å². The van der Waals surface area contributed by atoms with Crippen molar-refractivity contribution in [3.8, 4) is 0 Å². The van der Waals surface area contributed by atoms with Crippen molar-refractivity contribution in [2.75, 3.05) is 0 Å². The fourth-order valence-electron chi connectivity index (χ4n) is 2.05. The average Bonchev–Trinajstić information content (AvgIpc) is 2.70. The highest BCUT2D eigenvalue weighted by Crippen LogP contribution is 2.35. The standard InChI is InChI=1S/C14H22BNO2Si/c1-14(2,3)19(4,5)13-8-10-6-7-11(15(17)18)9-12(10)16-13/h6-9,16-18H,1-5H3. The van der Waals surface area contributed by atoms with Crippen LogP contribution in [0.25, 0.3) is 10.9 Å². The third-order valence-electron chi connectivity index (χ3n) is 4.49. The van der Waals surface area contributed by atoms with Crippen molar-refractivity contribution in [1.29, 1.82) is 0 Å². The maximum atomic E-state index is 9.23. The summed E-state index contributed by atoms with van der Waals surface area (Å²) in [5.74, 6) is 0. The van der Waals surface area contributed by atoms with Crippen LogP contribution in [-0.2, 0) is 0 Å². The summed E-state index contributed by atoms with van der Waals surface area (Å²) in [5.41, 5.74) is 1.50. The second-order valence-electron chi connectivity index (χ2n) is 6.78. The van der Waals surface area contributed by atoms with E-state index in [1.807, 2.05) is 12.1 Å². The Hall–Kier alpha value is -1.04. The summed E-state index contributed by atoms with van der Waals surface area (Å²) in [6, 6.07) is 7.73. The minimum absolute atomic E-state index is 0.271. The van der Waals surface area contributed by atoms with Gasteiger partial charge in [0.05, 0.1) is 0 Å². The number of hydrogen-bond donors (Lipinski definition) is 3. The molecule has 0 aliphatic carbocycles. The Morgan fingerprint density at radius 1 is 1.11 bits per heavy atom. The molecule has 0 amide bonds. The van der Waals surface area contributed by atoms with Gasteiger partial charge in [-0.25, -0.2) is 0 Å². The first-order chi connectivity index (χ1) is 8.63. The number of hydrogen-bond acceptors (Lipinski definition) is 2. The Labute approximate surface area is 115 Å². The molecule has 2 aromatic rings. The Morgan fingerprint density at radius 3 is 2.26 bits per heavy atom. The molecule has 1 heterocycles. The Kier molecular flexibility index (Phi) is 3.41. The topological polar surface area (TPSA) is 56.2 Å². The average molecular weight is 275 g/mol. The van der Waals surface area contributed by atoms with Crippen LogP contribution in [0.5, 0.6) is 0 Å². The number of rotatable bonds is 2. The minimum Gasteiger partial charge on any atom is -0.423 e. The van der Waals surface area contributed by atoms with Gasteiger partial charge in [-0.15, -0.1) is 0 Å². The maximum absolute atomic E-state index is 9.23. The maximum Gasteiger partial charge on any atom is 0.488 e. The van der Waals surface area contributed by atoms with E-state index in [2.05, 4.69) is 44.9 Å². The van der Waals surface area contributed by atoms with Gasteiger partial charge in [0, 0.05) is 5.52 Å². The second-order valence-corrected chi connectivity index (χ2v) is 12.1. The summed E-state index contributed by atoms with van der Waals surface area (Å²) in [4.78, 5) is 3.48. The van der Waals surface area contributed by atoms with Crippen LogP contribution >= 0.6 is 0 Å². The van der Waals surface area contributed by atoms with E-state index in [1.165, 1.54) is 5.32 Å². The normalized spacial score (nSPS) is 13.0. The molecule has 3 N–H and O–H groups in total. The third-order valence-corrected chi connectivity index (χ3v) is 9.86. The third kappa shape index (κ3) is 2.50. The summed E-state index contributed by atoms with van der Waals surface area (Å²) in [5, 5.41) is 21.2. The molecule has 102 valence electrons. The van der Waals surface area contributed by atoms with Crippen molar-refractivity contribution in [1.82, 2.24) is 4.98 Å². The van der Waals surface area contributed by atoms with Crippen molar-refractivity contribution < 1.29 is 10.0 Å². The van der Waals surface area contributed by atoms with Gasteiger partial charge in [-0.05, 0) is 33.3 Å². The number of H-pyrrole nitrogens is 1. The van der Waals surface area contributed by atoms with E-state index in [1.54, 1.807) is 6.07 Å². The van der Waals surface area contributed by atoms with Crippen molar-refractivity contribution in [2.45, 2.75) is 38.9 Å². The van der Waals surface area contributed by atoms with Gasteiger partial charge < -0.3 is 15.0 Å². The van der Waals surface area contributed by atoms with Crippen LogP contribution in [0, 0.1) is 0 Å². The van der Waals surface area contributed by atoms with E-state index in [9.17, 15) is 10.0 Å². The lowest BCUT2D eigenvalue weighted by Gasteiger charge is -2.36. The van der Waals surface area contributed by atoms with E-state index in [0.717, 1.165) is 10.9 Å². The Balaban J connectivity index is 2.53. The molecule has 3 nitrogen and oxygen atoms in total. The number of aromatic nitrogens is 1. The summed E-state index contributed by atoms with van der Waals surface area (Å²) in [6.07, 6.45) is 0. The number of nitrogens with one attached hydrogen (secondary N) is 1. The molecule has 0 unspecified atom stereocenters. The van der Waals surface area contributed by atoms with Gasteiger partial charge in [-0.1, -0.05) is 46.0 Å². The molecule has 0 radical (unpaired) electrons. The van der Waals surface area contributed by atoms with Gasteiger partial charge in [-0.2, -0.15) is 0 Å². The van der Waals surface area contributed by atoms with Crippen LogP contribution in [-0.4, -0.2) is 30.2 Å². The minimum atomic E-state index is -1.59. The molecule has 0 aliphatic heterocycles. The molecule has 2 rings (SSSR count). The monoisotopic (exact) mass is 275 g/mol. The second kappa shape index (κ2) is 4.51. The van der Waals surface area contributed by atoms with Crippen LogP contribution in [0.2, 0.25) is 18.1 Å². The predicted molar refractivity (Wildman–Crippen MR) is 85.0 cm³/mol. The first kappa shape index (κ1) is 14.4. The van der Waals surface area contributed by atoms with Crippen molar-refractivity contribution in [2.24, 2.45) is 0 Å². The molecule has 1 aromatic carbocycles. The van der Waals surface area contributed by atoms with E-state index < -0.39 is 15.2 Å². The van der Waals surface area contributed by atoms with E-state index in [-0.39, 0.29) is 5.04 Å². The smallest absolute Gasteiger partial charge is 0.423 e. The van der Waals surface area contributed by atoms with Crippen molar-refractivity contribution in [3.63, 3.8) is 0 Å². The lowest BCUT2D eigenvalue weighted by Crippen LogP contribution is -2.50. The summed E-state index contributed by atoms with van der Waals surface area (Å²) >= 11 is 0. The first-order valence-corrected chi connectivity index (χ1v) is 9.62. The Morgan fingerprint density at radius 2 is 1.74 bits per heavy atom. The highest BCUT2D eigenvalue weighted by molar-refractivity contribution is 6.91. The molecule has 0 aliphatic rings. The summed E-state index contributed by atoms with van der Waals surface area (Å²) < 4.78 is 0. The van der Waals surface area contributed by atoms with Crippen LogP contribution in [0.3, 0.4) is 0 Å². The van der Waals surface area contributed by atoms with Crippen LogP contribution < -0.4 is 10.8 Å². The van der Waals surface area contributed by atoms with Gasteiger partial charge in [0.2, 0.25) is 0 Å². The lowest BCUT2D eigenvalue weighted by atomic mass is 9.80. The van der Waals surface area contributed by atoms with Crippen molar-refractivity contribution >= 4 is 36.9 Å². The zero-order valence-electron chi connectivity index (χ0n) is 12.3. The molecular weight excluding hydrogens is 253 g/mol. The van der Waals surface area contributed by atoms with E-state index in [4.69, 9.17) is 0 Å². The van der Waals surface area contributed by atoms with Gasteiger partial charge in [0.15, 0.2) is 0 Å².